The van der Waals surface area contributed by atoms with Gasteiger partial charge in [-0.05, 0) is 12.3 Å². The van der Waals surface area contributed by atoms with E-state index < -0.39 is 66.9 Å². The first kappa shape index (κ1) is 27.5. The molecule has 3 amide bonds. The number of carboxylic acids is 2. The summed E-state index contributed by atoms with van der Waals surface area (Å²) >= 11 is 0. The average molecular weight is 470 g/mol. The van der Waals surface area contributed by atoms with Crippen LogP contribution in [0.15, 0.2) is 12.5 Å². The summed E-state index contributed by atoms with van der Waals surface area (Å²) in [6.07, 6.45) is 2.12. The van der Waals surface area contributed by atoms with Gasteiger partial charge in [-0.15, -0.1) is 0 Å². The van der Waals surface area contributed by atoms with Crippen molar-refractivity contribution in [2.45, 2.75) is 57.3 Å². The number of aliphatic hydroxyl groups is 1. The Balaban J connectivity index is 2.84. The van der Waals surface area contributed by atoms with Crippen LogP contribution in [0.25, 0.3) is 0 Å². The molecule has 9 N–H and O–H groups in total. The van der Waals surface area contributed by atoms with Crippen LogP contribution in [-0.2, 0) is 30.4 Å². The summed E-state index contributed by atoms with van der Waals surface area (Å²) in [4.78, 5) is 66.1. The van der Waals surface area contributed by atoms with Crippen molar-refractivity contribution in [2.24, 2.45) is 11.7 Å². The number of aliphatic carboxylic acids is 2. The summed E-state index contributed by atoms with van der Waals surface area (Å²) < 4.78 is 0. The minimum Gasteiger partial charge on any atom is -0.481 e. The SMILES string of the molecule is CC(C)CC(NC(=O)C(N)CC(=O)O)C(=O)NC(CO)C(=O)NC(Cc1cnc[nH]1)C(=O)O. The van der Waals surface area contributed by atoms with Crippen molar-refractivity contribution in [3.05, 3.63) is 18.2 Å². The summed E-state index contributed by atoms with van der Waals surface area (Å²) in [6.45, 7) is 2.70. The third-order valence-electron chi connectivity index (χ3n) is 4.48. The van der Waals surface area contributed by atoms with E-state index in [0.29, 0.717) is 5.69 Å². The van der Waals surface area contributed by atoms with Crippen LogP contribution >= 0.6 is 0 Å². The van der Waals surface area contributed by atoms with E-state index in [-0.39, 0.29) is 18.8 Å². The van der Waals surface area contributed by atoms with E-state index in [2.05, 4.69) is 25.9 Å². The number of hydrogen-bond acceptors (Lipinski definition) is 8. The quantitative estimate of drug-likeness (QED) is 0.140. The summed E-state index contributed by atoms with van der Waals surface area (Å²) in [7, 11) is 0. The van der Waals surface area contributed by atoms with Gasteiger partial charge >= 0.3 is 11.9 Å². The van der Waals surface area contributed by atoms with Crippen LogP contribution in [0, 0.1) is 5.92 Å². The Bertz CT molecular complexity index is 828. The molecule has 1 aromatic heterocycles. The van der Waals surface area contributed by atoms with E-state index >= 15 is 0 Å². The van der Waals surface area contributed by atoms with Gasteiger partial charge in [0.2, 0.25) is 17.7 Å². The summed E-state index contributed by atoms with van der Waals surface area (Å²) in [5, 5.41) is 34.6. The Hall–Kier alpha value is -3.52. The predicted octanol–water partition coefficient (Wildman–Crippen LogP) is -2.67. The number of hydrogen-bond donors (Lipinski definition) is 8. The molecular formula is C19H30N6O8. The maximum Gasteiger partial charge on any atom is 0.326 e. The molecule has 0 spiro atoms. The van der Waals surface area contributed by atoms with E-state index in [0.717, 1.165) is 0 Å². The van der Waals surface area contributed by atoms with Gasteiger partial charge in [0.1, 0.15) is 18.1 Å². The number of amides is 3. The smallest absolute Gasteiger partial charge is 0.326 e. The highest BCUT2D eigenvalue weighted by molar-refractivity contribution is 5.94. The summed E-state index contributed by atoms with van der Waals surface area (Å²) in [5.41, 5.74) is 5.97. The lowest BCUT2D eigenvalue weighted by Gasteiger charge is -2.25. The Morgan fingerprint density at radius 2 is 1.58 bits per heavy atom. The molecular weight excluding hydrogens is 440 g/mol. The minimum absolute atomic E-state index is 0.0797. The molecule has 4 unspecified atom stereocenters. The van der Waals surface area contributed by atoms with Crippen molar-refractivity contribution in [2.75, 3.05) is 6.61 Å². The Morgan fingerprint density at radius 3 is 2.06 bits per heavy atom. The number of nitrogens with two attached hydrogens (primary N) is 1. The number of aromatic amines is 1. The highest BCUT2D eigenvalue weighted by Gasteiger charge is 2.31. The van der Waals surface area contributed by atoms with Gasteiger partial charge in [0.15, 0.2) is 0 Å². The van der Waals surface area contributed by atoms with Crippen molar-refractivity contribution in [3.8, 4) is 0 Å². The number of nitrogens with zero attached hydrogens (tertiary/aromatic N) is 1. The Morgan fingerprint density at radius 1 is 1.00 bits per heavy atom. The molecule has 0 aromatic carbocycles. The van der Waals surface area contributed by atoms with Gasteiger partial charge in [0.25, 0.3) is 0 Å². The molecule has 0 fully saturated rings. The van der Waals surface area contributed by atoms with Gasteiger partial charge in [-0.3, -0.25) is 19.2 Å². The van der Waals surface area contributed by atoms with Crippen LogP contribution in [-0.4, -0.2) is 85.7 Å². The lowest BCUT2D eigenvalue weighted by Crippen LogP contribution is -2.58. The summed E-state index contributed by atoms with van der Waals surface area (Å²) in [6, 6.07) is -5.41. The molecule has 0 radical (unpaired) electrons. The van der Waals surface area contributed by atoms with E-state index in [9.17, 15) is 34.2 Å². The number of carbonyl (C=O) groups excluding carboxylic acids is 3. The van der Waals surface area contributed by atoms with E-state index in [1.807, 2.05) is 0 Å². The molecule has 184 valence electrons. The number of aromatic nitrogens is 2. The second-order valence-electron chi connectivity index (χ2n) is 7.82. The second kappa shape index (κ2) is 13.1. The lowest BCUT2D eigenvalue weighted by molar-refractivity contribution is -0.142. The minimum atomic E-state index is -1.50. The molecule has 0 aliphatic heterocycles. The highest BCUT2D eigenvalue weighted by Crippen LogP contribution is 2.07. The molecule has 1 aromatic rings. The van der Waals surface area contributed by atoms with Gasteiger partial charge in [-0.25, -0.2) is 9.78 Å². The van der Waals surface area contributed by atoms with Crippen molar-refractivity contribution in [1.29, 1.82) is 0 Å². The fraction of sp³-hybridized carbons (Fsp3) is 0.579. The number of rotatable bonds is 14. The third-order valence-corrected chi connectivity index (χ3v) is 4.48. The normalized spacial score (nSPS) is 14.6. The van der Waals surface area contributed by atoms with Crippen LogP contribution < -0.4 is 21.7 Å². The number of carbonyl (C=O) groups is 5. The first-order chi connectivity index (χ1) is 15.4. The Kier molecular flexibility index (Phi) is 10.9. The number of aliphatic hydroxyl groups excluding tert-OH is 1. The summed E-state index contributed by atoms with van der Waals surface area (Å²) in [5.74, 6) is -5.34. The maximum absolute atomic E-state index is 12.7. The number of carboxylic acid groups (broad SMARTS) is 2. The first-order valence-electron chi connectivity index (χ1n) is 10.1. The zero-order chi connectivity index (χ0) is 25.1. The molecule has 14 heteroatoms. The van der Waals surface area contributed by atoms with Gasteiger partial charge in [0.05, 0.1) is 25.4 Å². The van der Waals surface area contributed by atoms with Crippen molar-refractivity contribution < 1.29 is 39.3 Å². The number of nitrogens with one attached hydrogen (secondary N) is 4. The van der Waals surface area contributed by atoms with Gasteiger partial charge in [-0.1, -0.05) is 13.8 Å². The van der Waals surface area contributed by atoms with Crippen LogP contribution in [0.5, 0.6) is 0 Å². The third kappa shape index (κ3) is 9.65. The monoisotopic (exact) mass is 470 g/mol. The van der Waals surface area contributed by atoms with Crippen LogP contribution in [0.1, 0.15) is 32.4 Å². The number of H-pyrrole nitrogens is 1. The second-order valence-corrected chi connectivity index (χ2v) is 7.82. The van der Waals surface area contributed by atoms with Gasteiger partial charge in [-0.2, -0.15) is 0 Å². The number of imidazole rings is 1. The van der Waals surface area contributed by atoms with Gasteiger partial charge < -0.3 is 42.0 Å². The molecule has 1 rings (SSSR count). The molecule has 0 saturated carbocycles. The average Bonchev–Trinajstić information content (AvgIpc) is 3.22. The largest absolute Gasteiger partial charge is 0.481 e. The molecule has 1 heterocycles. The zero-order valence-corrected chi connectivity index (χ0v) is 18.3. The first-order valence-corrected chi connectivity index (χ1v) is 10.1. The molecule has 4 atom stereocenters. The molecule has 33 heavy (non-hydrogen) atoms. The predicted molar refractivity (Wildman–Crippen MR) is 112 cm³/mol. The molecule has 0 aliphatic rings. The fourth-order valence-corrected chi connectivity index (χ4v) is 2.82. The van der Waals surface area contributed by atoms with E-state index in [4.69, 9.17) is 10.8 Å². The lowest BCUT2D eigenvalue weighted by atomic mass is 10.0. The highest BCUT2D eigenvalue weighted by atomic mass is 16.4. The van der Waals surface area contributed by atoms with Gasteiger partial charge in [0, 0.05) is 18.3 Å². The fourth-order valence-electron chi connectivity index (χ4n) is 2.82. The topological polar surface area (TPSA) is 237 Å². The maximum atomic E-state index is 12.7. The molecule has 0 aliphatic carbocycles. The van der Waals surface area contributed by atoms with Crippen LogP contribution in [0.3, 0.4) is 0 Å². The van der Waals surface area contributed by atoms with Crippen LogP contribution in [0.2, 0.25) is 0 Å². The molecule has 14 nitrogen and oxygen atoms in total. The van der Waals surface area contributed by atoms with Crippen molar-refractivity contribution in [3.63, 3.8) is 0 Å². The van der Waals surface area contributed by atoms with Crippen molar-refractivity contribution in [1.82, 2.24) is 25.9 Å². The van der Waals surface area contributed by atoms with Crippen LogP contribution in [0.4, 0.5) is 0 Å². The van der Waals surface area contributed by atoms with E-state index in [1.165, 1.54) is 12.5 Å². The zero-order valence-electron chi connectivity index (χ0n) is 18.3. The van der Waals surface area contributed by atoms with Crippen molar-refractivity contribution >= 4 is 29.7 Å². The standard InChI is InChI=1S/C19H30N6O8/c1-9(2)3-12(23-16(29)11(20)5-15(27)28)17(30)25-14(7-26)18(31)24-13(19(32)33)4-10-6-21-8-22-10/h6,8-9,11-14,26H,3-5,7,20H2,1-2H3,(H,21,22)(H,23,29)(H,24,31)(H,25,30)(H,27,28)(H,32,33). The molecule has 0 saturated heterocycles. The molecule has 0 bridgehead atoms. The Labute approximate surface area is 189 Å². The van der Waals surface area contributed by atoms with E-state index in [1.54, 1.807) is 13.8 Å².